The lowest BCUT2D eigenvalue weighted by atomic mass is 9.77. The van der Waals surface area contributed by atoms with E-state index in [0.29, 0.717) is 25.3 Å². The van der Waals surface area contributed by atoms with Gasteiger partial charge in [-0.15, -0.1) is 0 Å². The highest BCUT2D eigenvalue weighted by atomic mass is 16.5. The molecule has 0 amide bonds. The molecular weight excluding hydrogens is 232 g/mol. The van der Waals surface area contributed by atoms with E-state index in [1.165, 1.54) is 0 Å². The summed E-state index contributed by atoms with van der Waals surface area (Å²) in [6.07, 6.45) is 2.01. The molecule has 0 spiro atoms. The van der Waals surface area contributed by atoms with Crippen molar-refractivity contribution >= 4 is 5.97 Å². The summed E-state index contributed by atoms with van der Waals surface area (Å²) < 4.78 is 5.06. The maximum atomic E-state index is 11.5. The number of hydrogen-bond donors (Lipinski definition) is 2. The van der Waals surface area contributed by atoms with Crippen LogP contribution in [-0.2, 0) is 11.2 Å². The quantitative estimate of drug-likeness (QED) is 0.837. The molecule has 98 valence electrons. The van der Waals surface area contributed by atoms with Crippen LogP contribution in [0.25, 0.3) is 0 Å². The van der Waals surface area contributed by atoms with Gasteiger partial charge >= 0.3 is 5.97 Å². The molecule has 0 aromatic carbocycles. The molecule has 0 radical (unpaired) electrons. The minimum atomic E-state index is -0.751. The fourth-order valence-electron chi connectivity index (χ4n) is 2.39. The molecule has 2 heterocycles. The number of carboxylic acid groups (broad SMARTS) is 1. The maximum Gasteiger partial charge on any atom is 0.311 e. The van der Waals surface area contributed by atoms with Crippen molar-refractivity contribution in [3.05, 3.63) is 23.9 Å². The molecule has 5 nitrogen and oxygen atoms in total. The monoisotopic (exact) mass is 250 g/mol. The SMILES string of the molecule is COc1cccc(CC2(C(=O)O)CCCNC2)n1. The zero-order valence-corrected chi connectivity index (χ0v) is 10.5. The van der Waals surface area contributed by atoms with Crippen LogP contribution in [-0.4, -0.2) is 36.3 Å². The molecule has 0 saturated carbocycles. The second kappa shape index (κ2) is 5.35. The topological polar surface area (TPSA) is 71.5 Å². The largest absolute Gasteiger partial charge is 0.481 e. The summed E-state index contributed by atoms with van der Waals surface area (Å²) >= 11 is 0. The van der Waals surface area contributed by atoms with Gasteiger partial charge in [0.05, 0.1) is 12.5 Å². The zero-order chi connectivity index (χ0) is 13.0. The number of aromatic nitrogens is 1. The molecule has 2 rings (SSSR count). The van der Waals surface area contributed by atoms with Gasteiger partial charge in [0.1, 0.15) is 0 Å². The van der Waals surface area contributed by atoms with Crippen LogP contribution in [0.4, 0.5) is 0 Å². The minimum absolute atomic E-state index is 0.437. The van der Waals surface area contributed by atoms with Crippen LogP contribution < -0.4 is 10.1 Å². The highest BCUT2D eigenvalue weighted by molar-refractivity contribution is 5.75. The van der Waals surface area contributed by atoms with Crippen molar-refractivity contribution in [1.29, 1.82) is 0 Å². The second-order valence-electron chi connectivity index (χ2n) is 4.71. The van der Waals surface area contributed by atoms with Gasteiger partial charge in [-0.1, -0.05) is 6.07 Å². The van der Waals surface area contributed by atoms with Gasteiger partial charge < -0.3 is 15.2 Å². The number of nitrogens with one attached hydrogen (secondary N) is 1. The fraction of sp³-hybridized carbons (Fsp3) is 0.538. The Labute approximate surface area is 106 Å². The Balaban J connectivity index is 2.20. The lowest BCUT2D eigenvalue weighted by molar-refractivity contribution is -0.150. The van der Waals surface area contributed by atoms with Gasteiger partial charge in [0.15, 0.2) is 0 Å². The van der Waals surface area contributed by atoms with Crippen LogP contribution in [0.2, 0.25) is 0 Å². The summed E-state index contributed by atoms with van der Waals surface area (Å²) in [5.74, 6) is -0.226. The summed E-state index contributed by atoms with van der Waals surface area (Å²) in [5, 5.41) is 12.6. The number of pyridine rings is 1. The highest BCUT2D eigenvalue weighted by Gasteiger charge is 2.40. The predicted molar refractivity (Wildman–Crippen MR) is 66.7 cm³/mol. The van der Waals surface area contributed by atoms with Gasteiger partial charge in [-0.3, -0.25) is 4.79 Å². The van der Waals surface area contributed by atoms with Crippen LogP contribution in [0.5, 0.6) is 5.88 Å². The van der Waals surface area contributed by atoms with E-state index in [9.17, 15) is 9.90 Å². The van der Waals surface area contributed by atoms with E-state index in [0.717, 1.165) is 18.7 Å². The molecule has 1 fully saturated rings. The number of aliphatic carboxylic acids is 1. The number of piperidine rings is 1. The molecule has 0 bridgehead atoms. The predicted octanol–water partition coefficient (Wildman–Crippen LogP) is 1.09. The fourth-order valence-corrected chi connectivity index (χ4v) is 2.39. The van der Waals surface area contributed by atoms with Crippen molar-refractivity contribution in [2.24, 2.45) is 5.41 Å². The van der Waals surface area contributed by atoms with Crippen molar-refractivity contribution < 1.29 is 14.6 Å². The number of hydrogen-bond acceptors (Lipinski definition) is 4. The van der Waals surface area contributed by atoms with E-state index in [-0.39, 0.29) is 0 Å². The highest BCUT2D eigenvalue weighted by Crippen LogP contribution is 2.30. The molecule has 1 atom stereocenters. The number of methoxy groups -OCH3 is 1. The second-order valence-corrected chi connectivity index (χ2v) is 4.71. The molecule has 1 saturated heterocycles. The third-order valence-corrected chi connectivity index (χ3v) is 3.44. The van der Waals surface area contributed by atoms with E-state index >= 15 is 0 Å². The van der Waals surface area contributed by atoms with Crippen LogP contribution in [0.15, 0.2) is 18.2 Å². The molecule has 1 aromatic heterocycles. The van der Waals surface area contributed by atoms with Gasteiger partial charge in [-0.25, -0.2) is 4.98 Å². The van der Waals surface area contributed by atoms with Gasteiger partial charge in [-0.2, -0.15) is 0 Å². The Morgan fingerprint density at radius 1 is 1.61 bits per heavy atom. The first-order chi connectivity index (χ1) is 8.66. The van der Waals surface area contributed by atoms with E-state index < -0.39 is 11.4 Å². The van der Waals surface area contributed by atoms with E-state index in [1.807, 2.05) is 12.1 Å². The van der Waals surface area contributed by atoms with Crippen molar-refractivity contribution in [1.82, 2.24) is 10.3 Å². The minimum Gasteiger partial charge on any atom is -0.481 e. The average molecular weight is 250 g/mol. The molecule has 1 aromatic rings. The molecular formula is C13H18N2O3. The number of carboxylic acids is 1. The summed E-state index contributed by atoms with van der Waals surface area (Å²) in [4.78, 5) is 15.8. The first-order valence-corrected chi connectivity index (χ1v) is 6.10. The molecule has 18 heavy (non-hydrogen) atoms. The molecule has 1 aliphatic rings. The summed E-state index contributed by atoms with van der Waals surface area (Å²) in [7, 11) is 1.56. The van der Waals surface area contributed by atoms with E-state index in [1.54, 1.807) is 13.2 Å². The normalized spacial score (nSPS) is 23.6. The Hall–Kier alpha value is -1.62. The third kappa shape index (κ3) is 2.61. The van der Waals surface area contributed by atoms with E-state index in [2.05, 4.69) is 10.3 Å². The van der Waals surface area contributed by atoms with Gasteiger partial charge in [0.2, 0.25) is 5.88 Å². The molecule has 2 N–H and O–H groups in total. The molecule has 1 aliphatic heterocycles. The number of rotatable bonds is 4. The Bertz CT molecular complexity index is 428. The Morgan fingerprint density at radius 3 is 3.06 bits per heavy atom. The van der Waals surface area contributed by atoms with Gasteiger partial charge in [0, 0.05) is 24.7 Å². The first-order valence-electron chi connectivity index (χ1n) is 6.10. The van der Waals surface area contributed by atoms with Crippen LogP contribution in [0.1, 0.15) is 18.5 Å². The molecule has 5 heteroatoms. The van der Waals surface area contributed by atoms with E-state index in [4.69, 9.17) is 4.74 Å². The van der Waals surface area contributed by atoms with Gasteiger partial charge in [-0.05, 0) is 25.5 Å². The van der Waals surface area contributed by atoms with Crippen LogP contribution >= 0.6 is 0 Å². The standard InChI is InChI=1S/C13H18N2O3/c1-18-11-5-2-4-10(15-11)8-13(12(16)17)6-3-7-14-9-13/h2,4-5,14H,3,6-9H2,1H3,(H,16,17). The molecule has 0 aliphatic carbocycles. The Morgan fingerprint density at radius 2 is 2.44 bits per heavy atom. The Kier molecular flexibility index (Phi) is 3.81. The maximum absolute atomic E-state index is 11.5. The lowest BCUT2D eigenvalue weighted by Crippen LogP contribution is -2.47. The first kappa shape index (κ1) is 12.8. The molecule has 1 unspecified atom stereocenters. The van der Waals surface area contributed by atoms with Crippen molar-refractivity contribution in [3.63, 3.8) is 0 Å². The summed E-state index contributed by atoms with van der Waals surface area (Å²) in [5.41, 5.74) is 0.0258. The number of carbonyl (C=O) groups is 1. The van der Waals surface area contributed by atoms with Crippen molar-refractivity contribution in [2.45, 2.75) is 19.3 Å². The zero-order valence-electron chi connectivity index (χ0n) is 10.5. The van der Waals surface area contributed by atoms with Crippen molar-refractivity contribution in [2.75, 3.05) is 20.2 Å². The summed E-state index contributed by atoms with van der Waals surface area (Å²) in [6, 6.07) is 5.45. The number of ether oxygens (including phenoxy) is 1. The summed E-state index contributed by atoms with van der Waals surface area (Å²) in [6.45, 7) is 1.39. The van der Waals surface area contributed by atoms with Crippen molar-refractivity contribution in [3.8, 4) is 5.88 Å². The van der Waals surface area contributed by atoms with Crippen LogP contribution in [0.3, 0.4) is 0 Å². The smallest absolute Gasteiger partial charge is 0.311 e. The van der Waals surface area contributed by atoms with Crippen LogP contribution in [0, 0.1) is 5.41 Å². The average Bonchev–Trinajstić information content (AvgIpc) is 2.40. The third-order valence-electron chi connectivity index (χ3n) is 3.44. The van der Waals surface area contributed by atoms with Gasteiger partial charge in [0.25, 0.3) is 0 Å². The lowest BCUT2D eigenvalue weighted by Gasteiger charge is -2.33. The number of nitrogens with zero attached hydrogens (tertiary/aromatic N) is 1.